The van der Waals surface area contributed by atoms with E-state index in [1.165, 1.54) is 19.3 Å². The number of nitrogens with zero attached hydrogens (tertiary/aromatic N) is 1. The molecule has 0 unspecified atom stereocenters. The molecule has 0 radical (unpaired) electrons. The van der Waals surface area contributed by atoms with Crippen LogP contribution in [0.3, 0.4) is 0 Å². The summed E-state index contributed by atoms with van der Waals surface area (Å²) in [5.74, 6) is 0. The molecule has 78 valence electrons. The van der Waals surface area contributed by atoms with E-state index in [0.717, 1.165) is 17.9 Å². The molecule has 0 fully saturated rings. The van der Waals surface area contributed by atoms with Gasteiger partial charge in [-0.3, -0.25) is 4.98 Å². The fourth-order valence-electron chi connectivity index (χ4n) is 1.35. The van der Waals surface area contributed by atoms with E-state index in [1.54, 1.807) is 6.20 Å². The molecule has 2 N–H and O–H groups in total. The lowest BCUT2D eigenvalue weighted by molar-refractivity contribution is 0.743. The highest BCUT2D eigenvalue weighted by atomic mass is 14.9. The lowest BCUT2D eigenvalue weighted by Gasteiger charge is -2.10. The zero-order valence-electron chi connectivity index (χ0n) is 9.01. The zero-order valence-corrected chi connectivity index (χ0v) is 9.01. The monoisotopic (exact) mass is 193 g/mol. The summed E-state index contributed by atoms with van der Waals surface area (Å²) in [7, 11) is 1.92. The van der Waals surface area contributed by atoms with Gasteiger partial charge in [-0.15, -0.1) is 0 Å². The van der Waals surface area contributed by atoms with Crippen LogP contribution in [0, 0.1) is 0 Å². The van der Waals surface area contributed by atoms with Crippen LogP contribution in [0.4, 0.5) is 11.4 Å². The fourth-order valence-corrected chi connectivity index (χ4v) is 1.35. The Hall–Kier alpha value is -1.25. The molecule has 1 aromatic rings. The normalized spacial score (nSPS) is 9.86. The molecule has 1 heterocycles. The van der Waals surface area contributed by atoms with Gasteiger partial charge < -0.3 is 10.6 Å². The molecule has 0 aliphatic rings. The number of aromatic nitrogens is 1. The molecule has 0 amide bonds. The molecule has 1 rings (SSSR count). The first-order valence-electron chi connectivity index (χ1n) is 5.24. The van der Waals surface area contributed by atoms with Crippen LogP contribution >= 0.6 is 0 Å². The number of rotatable bonds is 6. The maximum Gasteiger partial charge on any atom is 0.0762 e. The molecule has 0 saturated heterocycles. The molecule has 0 saturated carbocycles. The van der Waals surface area contributed by atoms with Gasteiger partial charge in [0.15, 0.2) is 0 Å². The van der Waals surface area contributed by atoms with Crippen molar-refractivity contribution in [3.63, 3.8) is 0 Å². The number of hydrogen-bond donors (Lipinski definition) is 2. The fraction of sp³-hybridized carbons (Fsp3) is 0.545. The van der Waals surface area contributed by atoms with Crippen LogP contribution < -0.4 is 10.6 Å². The highest BCUT2D eigenvalue weighted by Crippen LogP contribution is 2.18. The topological polar surface area (TPSA) is 37.0 Å². The van der Waals surface area contributed by atoms with Crippen molar-refractivity contribution in [3.8, 4) is 0 Å². The Bertz CT molecular complexity index is 260. The predicted molar refractivity (Wildman–Crippen MR) is 61.8 cm³/mol. The minimum Gasteiger partial charge on any atom is -0.386 e. The smallest absolute Gasteiger partial charge is 0.0762 e. The van der Waals surface area contributed by atoms with Crippen LogP contribution in [0.25, 0.3) is 0 Å². The second-order valence-electron chi connectivity index (χ2n) is 3.31. The zero-order chi connectivity index (χ0) is 10.2. The molecular formula is C11H19N3. The second kappa shape index (κ2) is 6.24. The Kier molecular flexibility index (Phi) is 4.83. The van der Waals surface area contributed by atoms with Crippen LogP contribution in [0.2, 0.25) is 0 Å². The Balaban J connectivity index is 2.41. The molecule has 0 aliphatic carbocycles. The van der Waals surface area contributed by atoms with Gasteiger partial charge in [0.2, 0.25) is 0 Å². The SMILES string of the molecule is CCCCCNc1cnccc1NC. The first-order chi connectivity index (χ1) is 6.88. The van der Waals surface area contributed by atoms with Gasteiger partial charge in [0.1, 0.15) is 0 Å². The number of hydrogen-bond acceptors (Lipinski definition) is 3. The molecule has 14 heavy (non-hydrogen) atoms. The van der Waals surface area contributed by atoms with Gasteiger partial charge in [0.05, 0.1) is 17.6 Å². The van der Waals surface area contributed by atoms with Gasteiger partial charge in [0, 0.05) is 19.8 Å². The van der Waals surface area contributed by atoms with E-state index in [0.29, 0.717) is 0 Å². The third-order valence-electron chi connectivity index (χ3n) is 2.19. The molecular weight excluding hydrogens is 174 g/mol. The predicted octanol–water partition coefficient (Wildman–Crippen LogP) is 2.73. The summed E-state index contributed by atoms with van der Waals surface area (Å²) < 4.78 is 0. The van der Waals surface area contributed by atoms with Crippen molar-refractivity contribution in [1.82, 2.24) is 4.98 Å². The van der Waals surface area contributed by atoms with Crippen molar-refractivity contribution >= 4 is 11.4 Å². The molecule has 0 atom stereocenters. The average Bonchev–Trinajstić information content (AvgIpc) is 2.25. The van der Waals surface area contributed by atoms with Gasteiger partial charge in [-0.1, -0.05) is 19.8 Å². The maximum absolute atomic E-state index is 4.09. The highest BCUT2D eigenvalue weighted by Gasteiger charge is 1.97. The van der Waals surface area contributed by atoms with Crippen LogP contribution in [-0.2, 0) is 0 Å². The number of pyridine rings is 1. The minimum atomic E-state index is 1.02. The number of nitrogens with one attached hydrogen (secondary N) is 2. The molecule has 0 bridgehead atoms. The largest absolute Gasteiger partial charge is 0.386 e. The van der Waals surface area contributed by atoms with Gasteiger partial charge in [-0.25, -0.2) is 0 Å². The molecule has 3 nitrogen and oxygen atoms in total. The van der Waals surface area contributed by atoms with Crippen LogP contribution in [0.5, 0.6) is 0 Å². The molecule has 3 heteroatoms. The van der Waals surface area contributed by atoms with Crippen LogP contribution in [0.1, 0.15) is 26.2 Å². The number of anilines is 2. The maximum atomic E-state index is 4.09. The Morgan fingerprint density at radius 2 is 2.14 bits per heavy atom. The van der Waals surface area contributed by atoms with E-state index >= 15 is 0 Å². The minimum absolute atomic E-state index is 1.02. The summed E-state index contributed by atoms with van der Waals surface area (Å²) in [6, 6.07) is 1.97. The molecule has 1 aromatic heterocycles. The van der Waals surface area contributed by atoms with Crippen molar-refractivity contribution in [2.45, 2.75) is 26.2 Å². The van der Waals surface area contributed by atoms with Crippen LogP contribution in [0.15, 0.2) is 18.5 Å². The first kappa shape index (κ1) is 10.8. The standard InChI is InChI=1S/C11H19N3/c1-3-4-5-7-14-11-9-13-8-6-10(11)12-2/h6,8-9,14H,3-5,7H2,1-2H3,(H,12,13). The van der Waals surface area contributed by atoms with E-state index < -0.39 is 0 Å². The lowest BCUT2D eigenvalue weighted by Crippen LogP contribution is -2.04. The van der Waals surface area contributed by atoms with Gasteiger partial charge in [-0.2, -0.15) is 0 Å². The summed E-state index contributed by atoms with van der Waals surface area (Å²) in [4.78, 5) is 4.09. The van der Waals surface area contributed by atoms with E-state index in [1.807, 2.05) is 19.3 Å². The van der Waals surface area contributed by atoms with E-state index in [2.05, 4.69) is 22.5 Å². The van der Waals surface area contributed by atoms with Crippen molar-refractivity contribution in [2.24, 2.45) is 0 Å². The summed E-state index contributed by atoms with van der Waals surface area (Å²) in [5, 5.41) is 6.51. The van der Waals surface area contributed by atoms with Crippen molar-refractivity contribution in [2.75, 3.05) is 24.2 Å². The Morgan fingerprint density at radius 3 is 2.86 bits per heavy atom. The molecule has 0 aromatic carbocycles. The van der Waals surface area contributed by atoms with Crippen molar-refractivity contribution < 1.29 is 0 Å². The summed E-state index contributed by atoms with van der Waals surface area (Å²) in [6.07, 6.45) is 7.41. The Morgan fingerprint density at radius 1 is 1.29 bits per heavy atom. The summed E-state index contributed by atoms with van der Waals surface area (Å²) in [6.45, 7) is 3.23. The quantitative estimate of drug-likeness (QED) is 0.682. The van der Waals surface area contributed by atoms with Gasteiger partial charge >= 0.3 is 0 Å². The average molecular weight is 193 g/mol. The van der Waals surface area contributed by atoms with E-state index in [4.69, 9.17) is 0 Å². The van der Waals surface area contributed by atoms with Crippen LogP contribution in [-0.4, -0.2) is 18.6 Å². The Labute approximate surface area is 85.9 Å². The summed E-state index contributed by atoms with van der Waals surface area (Å²) in [5.41, 5.74) is 2.20. The van der Waals surface area contributed by atoms with Crippen molar-refractivity contribution in [1.29, 1.82) is 0 Å². The third-order valence-corrected chi connectivity index (χ3v) is 2.19. The molecule has 0 aliphatic heterocycles. The third kappa shape index (κ3) is 3.24. The summed E-state index contributed by atoms with van der Waals surface area (Å²) >= 11 is 0. The van der Waals surface area contributed by atoms with Gasteiger partial charge in [-0.05, 0) is 12.5 Å². The van der Waals surface area contributed by atoms with E-state index in [9.17, 15) is 0 Å². The lowest BCUT2D eigenvalue weighted by atomic mass is 10.2. The van der Waals surface area contributed by atoms with Crippen molar-refractivity contribution in [3.05, 3.63) is 18.5 Å². The second-order valence-corrected chi connectivity index (χ2v) is 3.31. The first-order valence-corrected chi connectivity index (χ1v) is 5.24. The number of unbranched alkanes of at least 4 members (excludes halogenated alkanes) is 2. The highest BCUT2D eigenvalue weighted by molar-refractivity contribution is 5.66. The molecule has 0 spiro atoms. The van der Waals surface area contributed by atoms with E-state index in [-0.39, 0.29) is 0 Å². The van der Waals surface area contributed by atoms with Gasteiger partial charge in [0.25, 0.3) is 0 Å².